The molecule has 0 spiro atoms. The van der Waals surface area contributed by atoms with Crippen LogP contribution in [0.3, 0.4) is 0 Å². The number of hydrogen-bond acceptors (Lipinski definition) is 14. The molecule has 5 aromatic rings. The molecule has 4 atom stereocenters. The Hall–Kier alpha value is -5.09. The van der Waals surface area contributed by atoms with Gasteiger partial charge in [0.2, 0.25) is 0 Å². The predicted octanol–water partition coefficient (Wildman–Crippen LogP) is 4.96. The van der Waals surface area contributed by atoms with Gasteiger partial charge in [-0.3, -0.25) is 9.59 Å². The third-order valence-electron chi connectivity index (χ3n) is 10.7. The zero-order valence-electron chi connectivity index (χ0n) is 33.1. The quantitative estimate of drug-likeness (QED) is 0.131. The Bertz CT molecular complexity index is 2100. The van der Waals surface area contributed by atoms with Crippen molar-refractivity contribution in [3.8, 4) is 11.4 Å². The molecule has 0 saturated carbocycles. The standard InChI is InChI=1S/C21H28N2O4.C20H24N6O3/c1-5-26-16-9-7-6-8-15(16)19(24)21(11-10-14(2)22-13-21)18-12-17(23-27-18)20(3,4)25;1-13-8-9-20(11-21-13,17-10-16(24-29-17)19(2,3)28)18(27)14-6-4-5-7-15(14)26-23-12-22-25-26/h6-9,12,14,22,25H,5,10-11,13H2,1-4H3;4-7,10,12-13,21,28H,8-9,11H2,1-3H3/t14-,21-;13-,20-/m11/s1. The Morgan fingerprint density at radius 1 is 0.821 bits per heavy atom. The van der Waals surface area contributed by atoms with E-state index in [-0.39, 0.29) is 11.6 Å². The maximum absolute atomic E-state index is 13.9. The molecule has 15 nitrogen and oxygen atoms in total. The van der Waals surface area contributed by atoms with Crippen molar-refractivity contribution < 1.29 is 33.6 Å². The normalized spacial score (nSPS) is 22.9. The van der Waals surface area contributed by atoms with Crippen LogP contribution in [0.1, 0.15) is 118 Å². The lowest BCUT2D eigenvalue weighted by Gasteiger charge is -2.37. The highest BCUT2D eigenvalue weighted by Crippen LogP contribution is 2.41. The minimum Gasteiger partial charge on any atom is -0.493 e. The largest absolute Gasteiger partial charge is 0.493 e. The number of benzene rings is 2. The molecule has 298 valence electrons. The van der Waals surface area contributed by atoms with Crippen LogP contribution in [0.25, 0.3) is 5.69 Å². The van der Waals surface area contributed by atoms with Gasteiger partial charge in [-0.1, -0.05) is 34.6 Å². The highest BCUT2D eigenvalue weighted by atomic mass is 16.5. The van der Waals surface area contributed by atoms with Crippen LogP contribution in [0.2, 0.25) is 0 Å². The fourth-order valence-corrected chi connectivity index (χ4v) is 7.18. The molecule has 0 radical (unpaired) electrons. The van der Waals surface area contributed by atoms with Gasteiger partial charge in [0.1, 0.15) is 39.2 Å². The summed E-state index contributed by atoms with van der Waals surface area (Å²) in [4.78, 5) is 29.0. The van der Waals surface area contributed by atoms with Crippen molar-refractivity contribution in [2.75, 3.05) is 19.7 Å². The van der Waals surface area contributed by atoms with Gasteiger partial charge in [-0.15, -0.1) is 15.0 Å². The van der Waals surface area contributed by atoms with Crippen molar-refractivity contribution in [1.29, 1.82) is 0 Å². The maximum atomic E-state index is 13.9. The third-order valence-corrected chi connectivity index (χ3v) is 10.7. The summed E-state index contributed by atoms with van der Waals surface area (Å²) in [5, 5.41) is 47.2. The Kier molecular flexibility index (Phi) is 11.7. The second-order valence-electron chi connectivity index (χ2n) is 15.9. The second-order valence-corrected chi connectivity index (χ2v) is 15.9. The molecular formula is C41H52N8O7. The summed E-state index contributed by atoms with van der Waals surface area (Å²) >= 11 is 0. The Morgan fingerprint density at radius 2 is 1.32 bits per heavy atom. The van der Waals surface area contributed by atoms with Crippen molar-refractivity contribution in [2.45, 2.75) is 108 Å². The first kappa shape index (κ1) is 40.6. The van der Waals surface area contributed by atoms with Gasteiger partial charge in [0, 0.05) is 42.9 Å². The van der Waals surface area contributed by atoms with Crippen molar-refractivity contribution in [3.05, 3.63) is 101 Å². The zero-order chi connectivity index (χ0) is 40.3. The lowest BCUT2D eigenvalue weighted by molar-refractivity contribution is 0.0686. The SMILES string of the molecule is CCOc1ccccc1C(=O)[C@]1(c2cc(C(C)(C)O)no2)CC[C@@H](C)NC1.C[C@@H]1CC[C@](C(=O)c2ccccc2-n2ncnn2)(c2cc(C(C)(C)O)no2)CN1. The van der Waals surface area contributed by atoms with Crippen LogP contribution in [0.15, 0.2) is 76.0 Å². The highest BCUT2D eigenvalue weighted by Gasteiger charge is 2.49. The van der Waals surface area contributed by atoms with Crippen molar-refractivity contribution in [2.24, 2.45) is 0 Å². The highest BCUT2D eigenvalue weighted by molar-refractivity contribution is 6.07. The number of aromatic nitrogens is 6. The summed E-state index contributed by atoms with van der Waals surface area (Å²) in [5.41, 5.74) is -1.74. The number of Topliss-reactive ketones (excluding diaryl/α,β-unsaturated/α-hetero) is 2. The van der Waals surface area contributed by atoms with Gasteiger partial charge in [-0.05, 0) is 104 Å². The number of carbonyl (C=O) groups excluding carboxylic acids is 2. The van der Waals surface area contributed by atoms with Gasteiger partial charge in [0.05, 0.1) is 17.9 Å². The Balaban J connectivity index is 0.000000190. The van der Waals surface area contributed by atoms with E-state index in [1.807, 2.05) is 37.3 Å². The van der Waals surface area contributed by atoms with Gasteiger partial charge in [0.15, 0.2) is 29.4 Å². The minimum absolute atomic E-state index is 0.0515. The molecule has 0 aliphatic carbocycles. The average Bonchev–Trinajstić information content (AvgIpc) is 3.99. The summed E-state index contributed by atoms with van der Waals surface area (Å²) in [6, 6.07) is 18.5. The molecule has 15 heteroatoms. The molecule has 4 N–H and O–H groups in total. The first-order valence-electron chi connectivity index (χ1n) is 19.1. The van der Waals surface area contributed by atoms with Crippen LogP contribution in [0, 0.1) is 0 Å². The van der Waals surface area contributed by atoms with Crippen molar-refractivity contribution in [3.63, 3.8) is 0 Å². The number of rotatable bonds is 11. The second kappa shape index (κ2) is 16.2. The smallest absolute Gasteiger partial charge is 0.181 e. The predicted molar refractivity (Wildman–Crippen MR) is 206 cm³/mol. The van der Waals surface area contributed by atoms with Crippen LogP contribution >= 0.6 is 0 Å². The van der Waals surface area contributed by atoms with Crippen LogP contribution in [0.5, 0.6) is 5.75 Å². The molecule has 0 unspecified atom stereocenters. The molecule has 2 saturated heterocycles. The number of carbonyl (C=O) groups is 2. The number of tetrazole rings is 1. The van der Waals surface area contributed by atoms with E-state index >= 15 is 0 Å². The fourth-order valence-electron chi connectivity index (χ4n) is 7.18. The molecule has 2 aliphatic heterocycles. The Morgan fingerprint density at radius 3 is 1.77 bits per heavy atom. The van der Waals surface area contributed by atoms with Gasteiger partial charge in [-0.2, -0.15) is 0 Å². The van der Waals surface area contributed by atoms with Crippen LogP contribution < -0.4 is 15.4 Å². The first-order chi connectivity index (χ1) is 26.6. The van der Waals surface area contributed by atoms with Crippen LogP contribution in [0.4, 0.5) is 0 Å². The molecule has 0 amide bonds. The number of piperidine rings is 2. The summed E-state index contributed by atoms with van der Waals surface area (Å²) in [6.07, 6.45) is 4.20. The Labute approximate surface area is 326 Å². The molecule has 7 rings (SSSR count). The van der Waals surface area contributed by atoms with E-state index in [9.17, 15) is 19.8 Å². The molecule has 5 heterocycles. The monoisotopic (exact) mass is 768 g/mol. The number of ether oxygens (including phenoxy) is 1. The number of ketones is 2. The van der Waals surface area contributed by atoms with Crippen molar-refractivity contribution >= 4 is 11.6 Å². The number of aliphatic hydroxyl groups is 2. The minimum atomic E-state index is -1.16. The molecule has 0 bridgehead atoms. The van der Waals surface area contributed by atoms with E-state index in [0.717, 1.165) is 12.8 Å². The van der Waals surface area contributed by atoms with E-state index in [0.29, 0.717) is 90.1 Å². The van der Waals surface area contributed by atoms with Gasteiger partial charge in [0.25, 0.3) is 0 Å². The van der Waals surface area contributed by atoms with Crippen LogP contribution in [-0.2, 0) is 22.0 Å². The molecule has 2 aliphatic rings. The molecular weight excluding hydrogens is 716 g/mol. The van der Waals surface area contributed by atoms with Crippen LogP contribution in [-0.4, -0.2) is 84.1 Å². The van der Waals surface area contributed by atoms with Crippen molar-refractivity contribution in [1.82, 2.24) is 41.2 Å². The summed E-state index contributed by atoms with van der Waals surface area (Å²) in [5.74, 6) is 1.34. The van der Waals surface area contributed by atoms with Gasteiger partial charge < -0.3 is 34.6 Å². The number of para-hydroxylation sites is 2. The summed E-state index contributed by atoms with van der Waals surface area (Å²) < 4.78 is 16.9. The van der Waals surface area contributed by atoms with E-state index in [1.165, 1.54) is 11.1 Å². The van der Waals surface area contributed by atoms with E-state index in [1.54, 1.807) is 58.0 Å². The fraction of sp³-hybridized carbons (Fsp3) is 0.488. The first-order valence-corrected chi connectivity index (χ1v) is 19.1. The maximum Gasteiger partial charge on any atom is 0.181 e. The van der Waals surface area contributed by atoms with Gasteiger partial charge >= 0.3 is 0 Å². The van der Waals surface area contributed by atoms with E-state index < -0.39 is 22.0 Å². The lowest BCUT2D eigenvalue weighted by atomic mass is 9.71. The molecule has 3 aromatic heterocycles. The van der Waals surface area contributed by atoms with Gasteiger partial charge in [-0.25, -0.2) is 0 Å². The van der Waals surface area contributed by atoms with E-state index in [4.69, 9.17) is 13.8 Å². The average molecular weight is 769 g/mol. The number of nitrogens with zero attached hydrogens (tertiary/aromatic N) is 6. The molecule has 2 aromatic carbocycles. The number of hydrogen-bond donors (Lipinski definition) is 4. The van der Waals surface area contributed by atoms with E-state index in [2.05, 4.69) is 50.2 Å². The lowest BCUT2D eigenvalue weighted by Crippen LogP contribution is -2.52. The number of nitrogens with one attached hydrogen (secondary N) is 2. The third kappa shape index (κ3) is 8.21. The summed E-state index contributed by atoms with van der Waals surface area (Å²) in [7, 11) is 0. The molecule has 2 fully saturated rings. The molecule has 56 heavy (non-hydrogen) atoms. The summed E-state index contributed by atoms with van der Waals surface area (Å²) in [6.45, 7) is 14.0. The topological polar surface area (TPSA) is 204 Å². The zero-order valence-corrected chi connectivity index (χ0v) is 33.1.